The number of carbonyl (C=O) groups excluding carboxylic acids is 3. The van der Waals surface area contributed by atoms with Crippen LogP contribution in [-0.4, -0.2) is 30.7 Å². The van der Waals surface area contributed by atoms with E-state index in [0.29, 0.717) is 17.8 Å². The summed E-state index contributed by atoms with van der Waals surface area (Å²) < 4.78 is 0. The first-order valence-corrected chi connectivity index (χ1v) is 8.31. The number of ketones is 1. The van der Waals surface area contributed by atoms with E-state index < -0.39 is 0 Å². The van der Waals surface area contributed by atoms with Gasteiger partial charge in [0.05, 0.1) is 19.2 Å². The molecule has 1 fully saturated rings. The van der Waals surface area contributed by atoms with Crippen LogP contribution in [0.2, 0.25) is 0 Å². The number of nitrogens with one attached hydrogen (secondary N) is 1. The second kappa shape index (κ2) is 6.99. The summed E-state index contributed by atoms with van der Waals surface area (Å²) in [5.74, 6) is -0.428. The van der Waals surface area contributed by atoms with Crippen LogP contribution >= 0.6 is 0 Å². The molecule has 0 spiro atoms. The molecule has 1 unspecified atom stereocenters. The lowest BCUT2D eigenvalue weighted by Gasteiger charge is -2.20. The molecule has 25 heavy (non-hydrogen) atoms. The summed E-state index contributed by atoms with van der Waals surface area (Å²) in [6, 6.07) is 16.1. The summed E-state index contributed by atoms with van der Waals surface area (Å²) >= 11 is 0. The molecule has 1 saturated heterocycles. The van der Waals surface area contributed by atoms with Crippen LogP contribution in [-0.2, 0) is 16.1 Å². The van der Waals surface area contributed by atoms with Crippen LogP contribution in [0.3, 0.4) is 0 Å². The van der Waals surface area contributed by atoms with Gasteiger partial charge in [-0.05, 0) is 31.2 Å². The van der Waals surface area contributed by atoms with Crippen LogP contribution in [0, 0.1) is 0 Å². The number of rotatable bonds is 5. The van der Waals surface area contributed by atoms with Gasteiger partial charge in [0.15, 0.2) is 11.8 Å². The lowest BCUT2D eigenvalue weighted by Crippen LogP contribution is -3.12. The van der Waals surface area contributed by atoms with Gasteiger partial charge in [-0.1, -0.05) is 30.3 Å². The van der Waals surface area contributed by atoms with Crippen molar-refractivity contribution < 1.29 is 19.3 Å². The third-order valence-electron chi connectivity index (χ3n) is 4.60. The number of anilines is 1. The Hall–Kier alpha value is -2.79. The standard InChI is InChI=1S/C20H20N2O3/c1-14(23)16-8-10-17(11-9-16)22-19(24)12-18(20(22)25)21(2)13-15-6-4-3-5-7-15/h3-11,18H,12-13H2,1-2H3/p+1/t18-/m0/s1. The van der Waals surface area contributed by atoms with E-state index >= 15 is 0 Å². The highest BCUT2D eigenvalue weighted by atomic mass is 16.2. The van der Waals surface area contributed by atoms with Crippen molar-refractivity contribution in [3.63, 3.8) is 0 Å². The second-order valence-corrected chi connectivity index (χ2v) is 6.44. The van der Waals surface area contributed by atoms with Gasteiger partial charge in [0.2, 0.25) is 5.91 Å². The fourth-order valence-electron chi connectivity index (χ4n) is 3.17. The predicted octanol–water partition coefficient (Wildman–Crippen LogP) is 1.24. The summed E-state index contributed by atoms with van der Waals surface area (Å²) in [4.78, 5) is 38.8. The maximum Gasteiger partial charge on any atom is 0.292 e. The predicted molar refractivity (Wildman–Crippen MR) is 94.4 cm³/mol. The molecule has 2 aromatic carbocycles. The molecule has 2 amide bonds. The van der Waals surface area contributed by atoms with Crippen molar-refractivity contribution in [1.82, 2.24) is 0 Å². The first kappa shape index (κ1) is 17.0. The van der Waals surface area contributed by atoms with Crippen LogP contribution in [0.5, 0.6) is 0 Å². The van der Waals surface area contributed by atoms with Crippen LogP contribution in [0.1, 0.15) is 29.3 Å². The molecule has 5 heteroatoms. The molecular formula is C20H21N2O3+. The average molecular weight is 337 g/mol. The number of amides is 2. The van der Waals surface area contributed by atoms with E-state index in [4.69, 9.17) is 0 Å². The van der Waals surface area contributed by atoms with Crippen LogP contribution < -0.4 is 9.80 Å². The first-order valence-electron chi connectivity index (χ1n) is 8.31. The molecule has 0 bridgehead atoms. The molecular weight excluding hydrogens is 316 g/mol. The van der Waals surface area contributed by atoms with Crippen molar-refractivity contribution in [2.45, 2.75) is 25.9 Å². The number of quaternary nitrogens is 1. The Morgan fingerprint density at radius 1 is 1.08 bits per heavy atom. The number of Topliss-reactive ketones (excluding diaryl/α,β-unsaturated/α-hetero) is 1. The quantitative estimate of drug-likeness (QED) is 0.660. The zero-order chi connectivity index (χ0) is 18.0. The fourth-order valence-corrected chi connectivity index (χ4v) is 3.17. The minimum Gasteiger partial charge on any atom is -0.323 e. The first-order chi connectivity index (χ1) is 12.0. The summed E-state index contributed by atoms with van der Waals surface area (Å²) in [5.41, 5.74) is 2.21. The molecule has 5 nitrogen and oxygen atoms in total. The Kier molecular flexibility index (Phi) is 4.76. The number of hydrogen-bond acceptors (Lipinski definition) is 3. The lowest BCUT2D eigenvalue weighted by molar-refractivity contribution is -0.908. The number of benzene rings is 2. The number of imide groups is 1. The van der Waals surface area contributed by atoms with Crippen molar-refractivity contribution >= 4 is 23.3 Å². The highest BCUT2D eigenvalue weighted by molar-refractivity contribution is 6.22. The zero-order valence-electron chi connectivity index (χ0n) is 14.4. The van der Waals surface area contributed by atoms with Crippen molar-refractivity contribution in [2.24, 2.45) is 0 Å². The van der Waals surface area contributed by atoms with Crippen molar-refractivity contribution in [2.75, 3.05) is 11.9 Å². The molecule has 128 valence electrons. The molecule has 0 aromatic heterocycles. The highest BCUT2D eigenvalue weighted by Gasteiger charge is 2.44. The van der Waals surface area contributed by atoms with Gasteiger partial charge in [-0.25, -0.2) is 4.90 Å². The third kappa shape index (κ3) is 3.51. The van der Waals surface area contributed by atoms with Crippen molar-refractivity contribution in [3.05, 3.63) is 65.7 Å². The minimum atomic E-state index is -0.389. The molecule has 0 aliphatic carbocycles. The fraction of sp³-hybridized carbons (Fsp3) is 0.250. The van der Waals surface area contributed by atoms with Crippen LogP contribution in [0.25, 0.3) is 0 Å². The molecule has 1 N–H and O–H groups in total. The van der Waals surface area contributed by atoms with Gasteiger partial charge in [-0.3, -0.25) is 14.4 Å². The largest absolute Gasteiger partial charge is 0.323 e. The second-order valence-electron chi connectivity index (χ2n) is 6.44. The summed E-state index contributed by atoms with van der Waals surface area (Å²) in [7, 11) is 1.94. The summed E-state index contributed by atoms with van der Waals surface area (Å²) in [6.07, 6.45) is 0.200. The number of likely N-dealkylation sites (N-methyl/N-ethyl adjacent to an activating group) is 1. The van der Waals surface area contributed by atoms with Gasteiger partial charge in [0.25, 0.3) is 5.91 Å². The number of nitrogens with zero attached hydrogens (tertiary/aromatic N) is 1. The number of hydrogen-bond donors (Lipinski definition) is 1. The van der Waals surface area contributed by atoms with E-state index in [2.05, 4.69) is 0 Å². The molecule has 2 aromatic rings. The number of carbonyl (C=O) groups is 3. The van der Waals surface area contributed by atoms with Crippen LogP contribution in [0.4, 0.5) is 5.69 Å². The van der Waals surface area contributed by atoms with E-state index in [1.165, 1.54) is 11.8 Å². The SMILES string of the molecule is CC(=O)c1ccc(N2C(=O)C[C@H]([NH+](C)Cc3ccccc3)C2=O)cc1. The maximum absolute atomic E-state index is 12.8. The van der Waals surface area contributed by atoms with Gasteiger partial charge in [0.1, 0.15) is 6.54 Å². The van der Waals surface area contributed by atoms with Gasteiger partial charge < -0.3 is 4.90 Å². The summed E-state index contributed by atoms with van der Waals surface area (Å²) in [6.45, 7) is 2.17. The lowest BCUT2D eigenvalue weighted by atomic mass is 10.1. The highest BCUT2D eigenvalue weighted by Crippen LogP contribution is 2.22. The molecule has 0 radical (unpaired) electrons. The Labute approximate surface area is 146 Å². The molecule has 0 saturated carbocycles. The average Bonchev–Trinajstić information content (AvgIpc) is 2.90. The molecule has 1 aliphatic rings. The van der Waals surface area contributed by atoms with E-state index in [9.17, 15) is 14.4 Å². The van der Waals surface area contributed by atoms with Gasteiger partial charge in [0, 0.05) is 11.1 Å². The normalized spacial score (nSPS) is 18.5. The third-order valence-corrected chi connectivity index (χ3v) is 4.60. The minimum absolute atomic E-state index is 0.0458. The maximum atomic E-state index is 12.8. The summed E-state index contributed by atoms with van der Waals surface area (Å²) in [5, 5.41) is 0. The Morgan fingerprint density at radius 3 is 2.32 bits per heavy atom. The van der Waals surface area contributed by atoms with Gasteiger partial charge >= 0.3 is 0 Å². The van der Waals surface area contributed by atoms with Crippen molar-refractivity contribution in [1.29, 1.82) is 0 Å². The molecule has 2 atom stereocenters. The molecule has 1 aliphatic heterocycles. The van der Waals surface area contributed by atoms with E-state index in [1.807, 2.05) is 37.4 Å². The monoisotopic (exact) mass is 337 g/mol. The zero-order valence-corrected chi connectivity index (χ0v) is 14.4. The van der Waals surface area contributed by atoms with Gasteiger partial charge in [-0.2, -0.15) is 0 Å². The molecule has 3 rings (SSSR count). The van der Waals surface area contributed by atoms with E-state index in [0.717, 1.165) is 10.5 Å². The Morgan fingerprint density at radius 2 is 1.72 bits per heavy atom. The van der Waals surface area contributed by atoms with Gasteiger partial charge in [-0.15, -0.1) is 0 Å². The van der Waals surface area contributed by atoms with Crippen LogP contribution in [0.15, 0.2) is 54.6 Å². The van der Waals surface area contributed by atoms with E-state index in [1.54, 1.807) is 24.3 Å². The Balaban J connectivity index is 1.76. The topological polar surface area (TPSA) is 58.9 Å². The smallest absolute Gasteiger partial charge is 0.292 e. The van der Waals surface area contributed by atoms with Crippen molar-refractivity contribution in [3.8, 4) is 0 Å². The molecule has 1 heterocycles. The Bertz CT molecular complexity index is 799. The van der Waals surface area contributed by atoms with E-state index in [-0.39, 0.29) is 30.1 Å².